The predicted octanol–water partition coefficient (Wildman–Crippen LogP) is 4.04. The molecule has 1 unspecified atom stereocenters. The van der Waals surface area contributed by atoms with E-state index in [1.54, 1.807) is 0 Å². The van der Waals surface area contributed by atoms with Crippen LogP contribution in [-0.4, -0.2) is 5.11 Å². The summed E-state index contributed by atoms with van der Waals surface area (Å²) in [6.07, 6.45) is -0.616. The van der Waals surface area contributed by atoms with Gasteiger partial charge in [-0.15, -0.1) is 0 Å². The van der Waals surface area contributed by atoms with Gasteiger partial charge in [0.1, 0.15) is 6.10 Å². The number of benzene rings is 2. The molecule has 0 bridgehead atoms. The number of hydrogen-bond acceptors (Lipinski definition) is 1. The summed E-state index contributed by atoms with van der Waals surface area (Å²) in [5.41, 5.74) is 3.93. The monoisotopic (exact) mass is 246 g/mol. The summed E-state index contributed by atoms with van der Waals surface area (Å²) < 4.78 is 0. The Bertz CT molecular complexity index is 534. The van der Waals surface area contributed by atoms with E-state index in [0.717, 1.165) is 22.3 Å². The minimum absolute atomic E-state index is 0.616. The molecular formula is C15H15ClO. The summed E-state index contributed by atoms with van der Waals surface area (Å²) in [4.78, 5) is 0. The Balaban J connectivity index is 2.47. The molecule has 0 saturated carbocycles. The molecule has 2 heteroatoms. The van der Waals surface area contributed by atoms with Crippen LogP contribution in [0.4, 0.5) is 0 Å². The molecule has 0 fully saturated rings. The number of hydrogen-bond donors (Lipinski definition) is 1. The van der Waals surface area contributed by atoms with E-state index in [1.165, 1.54) is 0 Å². The van der Waals surface area contributed by atoms with Crippen LogP contribution >= 0.6 is 11.6 Å². The van der Waals surface area contributed by atoms with E-state index >= 15 is 0 Å². The quantitative estimate of drug-likeness (QED) is 0.848. The molecule has 1 atom stereocenters. The maximum Gasteiger partial charge on any atom is 0.105 e. The van der Waals surface area contributed by atoms with Crippen molar-refractivity contribution < 1.29 is 5.11 Å². The molecule has 2 aromatic carbocycles. The van der Waals surface area contributed by atoms with Gasteiger partial charge in [-0.05, 0) is 48.2 Å². The van der Waals surface area contributed by atoms with Crippen LogP contribution in [0.5, 0.6) is 0 Å². The summed E-state index contributed by atoms with van der Waals surface area (Å²) in [5, 5.41) is 11.1. The third-order valence-corrected chi connectivity index (χ3v) is 3.25. The van der Waals surface area contributed by atoms with E-state index in [9.17, 15) is 5.11 Å². The Labute approximate surface area is 107 Å². The molecule has 0 heterocycles. The average molecular weight is 247 g/mol. The van der Waals surface area contributed by atoms with Crippen LogP contribution in [0.3, 0.4) is 0 Å². The fourth-order valence-corrected chi connectivity index (χ4v) is 2.15. The molecule has 0 spiro atoms. The number of rotatable bonds is 2. The number of aryl methyl sites for hydroxylation is 2. The van der Waals surface area contributed by atoms with Gasteiger partial charge in [0, 0.05) is 5.02 Å². The Morgan fingerprint density at radius 2 is 1.59 bits per heavy atom. The summed E-state index contributed by atoms with van der Waals surface area (Å²) >= 11 is 5.98. The highest BCUT2D eigenvalue weighted by atomic mass is 35.5. The summed E-state index contributed by atoms with van der Waals surface area (Å²) in [7, 11) is 0. The van der Waals surface area contributed by atoms with Crippen LogP contribution in [0, 0.1) is 13.8 Å². The normalized spacial score (nSPS) is 12.5. The molecule has 0 saturated heterocycles. The molecular weight excluding hydrogens is 232 g/mol. The molecule has 88 valence electrons. The van der Waals surface area contributed by atoms with Crippen molar-refractivity contribution in [2.45, 2.75) is 20.0 Å². The molecule has 0 amide bonds. The van der Waals surface area contributed by atoms with Crippen LogP contribution in [0.1, 0.15) is 28.4 Å². The smallest absolute Gasteiger partial charge is 0.105 e. The van der Waals surface area contributed by atoms with Crippen molar-refractivity contribution in [2.24, 2.45) is 0 Å². The third-order valence-electron chi connectivity index (χ3n) is 3.02. The standard InChI is InChI=1S/C15H15ClO/c1-10-5-3-4-6-13(10)15(17)14-9-12(16)8-7-11(14)2/h3-9,15,17H,1-2H3. The van der Waals surface area contributed by atoms with Gasteiger partial charge in [-0.1, -0.05) is 41.9 Å². The largest absolute Gasteiger partial charge is 0.384 e. The van der Waals surface area contributed by atoms with Crippen LogP contribution in [0.2, 0.25) is 5.02 Å². The number of halogens is 1. The molecule has 0 aromatic heterocycles. The lowest BCUT2D eigenvalue weighted by molar-refractivity contribution is 0.219. The third kappa shape index (κ3) is 2.51. The van der Waals surface area contributed by atoms with E-state index < -0.39 is 6.10 Å². The lowest BCUT2D eigenvalue weighted by Gasteiger charge is -2.16. The van der Waals surface area contributed by atoms with Crippen molar-refractivity contribution >= 4 is 11.6 Å². The lowest BCUT2D eigenvalue weighted by atomic mass is 9.95. The van der Waals surface area contributed by atoms with Crippen molar-refractivity contribution in [1.82, 2.24) is 0 Å². The molecule has 2 rings (SSSR count). The van der Waals surface area contributed by atoms with E-state index in [1.807, 2.05) is 56.3 Å². The van der Waals surface area contributed by atoms with Gasteiger partial charge < -0.3 is 5.11 Å². The Kier molecular flexibility index (Phi) is 3.51. The Hall–Kier alpha value is -1.31. The zero-order valence-corrected chi connectivity index (χ0v) is 10.7. The first-order valence-electron chi connectivity index (χ1n) is 5.59. The van der Waals surface area contributed by atoms with Crippen molar-refractivity contribution in [2.75, 3.05) is 0 Å². The second-order valence-electron chi connectivity index (χ2n) is 4.26. The Morgan fingerprint density at radius 1 is 0.941 bits per heavy atom. The van der Waals surface area contributed by atoms with Gasteiger partial charge in [-0.3, -0.25) is 0 Å². The van der Waals surface area contributed by atoms with Crippen molar-refractivity contribution in [3.8, 4) is 0 Å². The van der Waals surface area contributed by atoms with Gasteiger partial charge in [0.2, 0.25) is 0 Å². The molecule has 0 aliphatic heterocycles. The van der Waals surface area contributed by atoms with Gasteiger partial charge in [0.25, 0.3) is 0 Å². The maximum atomic E-state index is 10.4. The highest BCUT2D eigenvalue weighted by Gasteiger charge is 2.14. The average Bonchev–Trinajstić information content (AvgIpc) is 2.32. The van der Waals surface area contributed by atoms with Crippen LogP contribution < -0.4 is 0 Å². The first-order valence-corrected chi connectivity index (χ1v) is 5.97. The second kappa shape index (κ2) is 4.91. The topological polar surface area (TPSA) is 20.2 Å². The second-order valence-corrected chi connectivity index (χ2v) is 4.70. The minimum atomic E-state index is -0.616. The van der Waals surface area contributed by atoms with Gasteiger partial charge in [-0.25, -0.2) is 0 Å². The lowest BCUT2D eigenvalue weighted by Crippen LogP contribution is -2.03. The molecule has 17 heavy (non-hydrogen) atoms. The summed E-state index contributed by atoms with van der Waals surface area (Å²) in [6.45, 7) is 3.98. The van der Waals surface area contributed by atoms with Crippen molar-refractivity contribution in [3.05, 3.63) is 69.7 Å². The molecule has 1 N–H and O–H groups in total. The summed E-state index contributed by atoms with van der Waals surface area (Å²) in [6, 6.07) is 13.4. The molecule has 1 nitrogen and oxygen atoms in total. The van der Waals surface area contributed by atoms with Crippen LogP contribution in [-0.2, 0) is 0 Å². The first kappa shape index (κ1) is 12.2. The molecule has 2 aromatic rings. The van der Waals surface area contributed by atoms with Crippen LogP contribution in [0.15, 0.2) is 42.5 Å². The summed E-state index contributed by atoms with van der Waals surface area (Å²) in [5.74, 6) is 0. The van der Waals surface area contributed by atoms with E-state index in [2.05, 4.69) is 0 Å². The Morgan fingerprint density at radius 3 is 2.29 bits per heavy atom. The van der Waals surface area contributed by atoms with Crippen LogP contribution in [0.25, 0.3) is 0 Å². The van der Waals surface area contributed by atoms with Gasteiger partial charge in [0.05, 0.1) is 0 Å². The predicted molar refractivity (Wildman–Crippen MR) is 71.4 cm³/mol. The van der Waals surface area contributed by atoms with Gasteiger partial charge in [-0.2, -0.15) is 0 Å². The fourth-order valence-electron chi connectivity index (χ4n) is 1.97. The minimum Gasteiger partial charge on any atom is -0.384 e. The number of aliphatic hydroxyl groups is 1. The van der Waals surface area contributed by atoms with E-state index in [4.69, 9.17) is 11.6 Å². The van der Waals surface area contributed by atoms with E-state index in [-0.39, 0.29) is 0 Å². The zero-order chi connectivity index (χ0) is 12.4. The van der Waals surface area contributed by atoms with E-state index in [0.29, 0.717) is 5.02 Å². The first-order chi connectivity index (χ1) is 8.09. The zero-order valence-electron chi connectivity index (χ0n) is 9.94. The SMILES string of the molecule is Cc1ccccc1C(O)c1cc(Cl)ccc1C. The molecule has 0 aliphatic rings. The molecule has 0 aliphatic carbocycles. The van der Waals surface area contributed by atoms with Crippen molar-refractivity contribution in [1.29, 1.82) is 0 Å². The highest BCUT2D eigenvalue weighted by molar-refractivity contribution is 6.30. The maximum absolute atomic E-state index is 10.4. The molecule has 0 radical (unpaired) electrons. The fraction of sp³-hybridized carbons (Fsp3) is 0.200. The highest BCUT2D eigenvalue weighted by Crippen LogP contribution is 2.28. The van der Waals surface area contributed by atoms with Crippen molar-refractivity contribution in [3.63, 3.8) is 0 Å². The number of aliphatic hydroxyl groups excluding tert-OH is 1. The van der Waals surface area contributed by atoms with Gasteiger partial charge >= 0.3 is 0 Å². The van der Waals surface area contributed by atoms with Gasteiger partial charge in [0.15, 0.2) is 0 Å².